The quantitative estimate of drug-likeness (QED) is 0.628. The number of aryl methyl sites for hydroxylation is 1. The minimum absolute atomic E-state index is 0.191. The van der Waals surface area contributed by atoms with Crippen molar-refractivity contribution in [2.24, 2.45) is 0 Å². The van der Waals surface area contributed by atoms with Crippen LogP contribution in [0.5, 0.6) is 0 Å². The summed E-state index contributed by atoms with van der Waals surface area (Å²) in [6, 6.07) is 2.88. The predicted molar refractivity (Wildman–Crippen MR) is 57.3 cm³/mol. The van der Waals surface area contributed by atoms with Crippen LogP contribution in [-0.2, 0) is 6.54 Å². The van der Waals surface area contributed by atoms with E-state index in [1.165, 1.54) is 12.3 Å². The first-order valence-corrected chi connectivity index (χ1v) is 4.78. The summed E-state index contributed by atoms with van der Waals surface area (Å²) in [5.74, 6) is 0.814. The molecule has 17 heavy (non-hydrogen) atoms. The number of nitrogens with zero attached hydrogens (tertiary/aromatic N) is 4. The fourth-order valence-corrected chi connectivity index (χ4v) is 1.19. The maximum atomic E-state index is 10.4. The Labute approximate surface area is 95.8 Å². The average Bonchev–Trinajstić information content (AvgIpc) is 2.73. The van der Waals surface area contributed by atoms with Gasteiger partial charge in [0.1, 0.15) is 0 Å². The van der Waals surface area contributed by atoms with E-state index in [-0.39, 0.29) is 5.82 Å². The lowest BCUT2D eigenvalue weighted by Gasteiger charge is -1.99. The second-order valence-corrected chi connectivity index (χ2v) is 3.25. The molecule has 88 valence electrons. The summed E-state index contributed by atoms with van der Waals surface area (Å²) in [4.78, 5) is 17.5. The van der Waals surface area contributed by atoms with Gasteiger partial charge >= 0.3 is 5.82 Å². The molecule has 2 aromatic rings. The average molecular weight is 235 g/mol. The molecule has 0 bridgehead atoms. The van der Waals surface area contributed by atoms with Gasteiger partial charge in [-0.25, -0.2) is 0 Å². The van der Waals surface area contributed by atoms with Gasteiger partial charge in [-0.15, -0.1) is 0 Å². The van der Waals surface area contributed by atoms with Crippen molar-refractivity contribution in [1.82, 2.24) is 15.1 Å². The minimum Gasteiger partial charge on any atom is -0.373 e. The first kappa shape index (κ1) is 11.0. The van der Waals surface area contributed by atoms with Crippen molar-refractivity contribution >= 4 is 11.5 Å². The molecule has 0 aliphatic heterocycles. The van der Waals surface area contributed by atoms with E-state index >= 15 is 0 Å². The first-order valence-electron chi connectivity index (χ1n) is 4.78. The van der Waals surface area contributed by atoms with Crippen molar-refractivity contribution < 1.29 is 9.45 Å². The van der Waals surface area contributed by atoms with E-state index in [1.54, 1.807) is 13.0 Å². The van der Waals surface area contributed by atoms with Crippen LogP contribution in [0.4, 0.5) is 11.5 Å². The highest BCUT2D eigenvalue weighted by molar-refractivity contribution is 5.43. The third-order valence-corrected chi connectivity index (χ3v) is 1.95. The minimum atomic E-state index is -0.550. The van der Waals surface area contributed by atoms with Crippen LogP contribution < -0.4 is 5.32 Å². The SMILES string of the molecule is Cc1noc(CNc2ccc([N+](=O)[O-])nc2)n1. The molecule has 0 atom stereocenters. The maximum Gasteiger partial charge on any atom is 0.363 e. The van der Waals surface area contributed by atoms with Crippen molar-refractivity contribution in [2.45, 2.75) is 13.5 Å². The summed E-state index contributed by atoms with van der Waals surface area (Å²) in [5, 5.41) is 17.0. The zero-order valence-electron chi connectivity index (χ0n) is 8.95. The first-order chi connectivity index (χ1) is 8.15. The molecule has 8 nitrogen and oxygen atoms in total. The molecule has 0 unspecified atom stereocenters. The van der Waals surface area contributed by atoms with E-state index in [9.17, 15) is 10.1 Å². The Bertz CT molecular complexity index is 522. The predicted octanol–water partition coefficient (Wildman–Crippen LogP) is 1.29. The fraction of sp³-hybridized carbons (Fsp3) is 0.222. The summed E-state index contributed by atoms with van der Waals surface area (Å²) < 4.78 is 4.90. The van der Waals surface area contributed by atoms with Gasteiger partial charge in [-0.05, 0) is 22.9 Å². The van der Waals surface area contributed by atoms with Crippen molar-refractivity contribution in [3.8, 4) is 0 Å². The molecular weight excluding hydrogens is 226 g/mol. The number of aromatic nitrogens is 3. The lowest BCUT2D eigenvalue weighted by molar-refractivity contribution is -0.389. The summed E-state index contributed by atoms with van der Waals surface area (Å²) in [6.07, 6.45) is 1.38. The molecule has 1 N–H and O–H groups in total. The van der Waals surface area contributed by atoms with Gasteiger partial charge in [0, 0.05) is 6.07 Å². The van der Waals surface area contributed by atoms with E-state index < -0.39 is 4.92 Å². The Hall–Kier alpha value is -2.51. The van der Waals surface area contributed by atoms with E-state index in [1.807, 2.05) is 0 Å². The number of nitro groups is 1. The molecule has 8 heteroatoms. The van der Waals surface area contributed by atoms with E-state index in [0.29, 0.717) is 23.9 Å². The molecule has 0 spiro atoms. The number of anilines is 1. The number of hydrogen-bond acceptors (Lipinski definition) is 7. The molecule has 2 aromatic heterocycles. The van der Waals surface area contributed by atoms with Crippen LogP contribution >= 0.6 is 0 Å². The topological polar surface area (TPSA) is 107 Å². The van der Waals surface area contributed by atoms with Crippen molar-refractivity contribution in [1.29, 1.82) is 0 Å². The molecule has 2 heterocycles. The van der Waals surface area contributed by atoms with Gasteiger partial charge < -0.3 is 20.0 Å². The highest BCUT2D eigenvalue weighted by Crippen LogP contribution is 2.12. The lowest BCUT2D eigenvalue weighted by Crippen LogP contribution is -2.00. The normalized spacial score (nSPS) is 10.2. The second kappa shape index (κ2) is 4.56. The highest BCUT2D eigenvalue weighted by Gasteiger charge is 2.07. The van der Waals surface area contributed by atoms with Gasteiger partial charge in [0.25, 0.3) is 0 Å². The summed E-state index contributed by atoms with van der Waals surface area (Å²) in [6.45, 7) is 2.07. The molecule has 0 radical (unpaired) electrons. The lowest BCUT2D eigenvalue weighted by atomic mass is 10.4. The Morgan fingerprint density at radius 1 is 1.53 bits per heavy atom. The van der Waals surface area contributed by atoms with Crippen LogP contribution in [0.15, 0.2) is 22.9 Å². The van der Waals surface area contributed by atoms with Gasteiger partial charge in [-0.1, -0.05) is 5.16 Å². The largest absolute Gasteiger partial charge is 0.373 e. The van der Waals surface area contributed by atoms with Crippen molar-refractivity contribution in [3.63, 3.8) is 0 Å². The standard InChI is InChI=1S/C9H9N5O3/c1-6-12-9(17-13-6)5-10-7-2-3-8(11-4-7)14(15)16/h2-4,10H,5H2,1H3. The van der Waals surface area contributed by atoms with E-state index in [0.717, 1.165) is 0 Å². The van der Waals surface area contributed by atoms with Gasteiger partial charge in [0.05, 0.1) is 12.2 Å². The molecule has 0 aromatic carbocycles. The zero-order chi connectivity index (χ0) is 12.3. The van der Waals surface area contributed by atoms with E-state index in [4.69, 9.17) is 4.52 Å². The summed E-state index contributed by atoms with van der Waals surface area (Å²) in [5.41, 5.74) is 0.645. The smallest absolute Gasteiger partial charge is 0.363 e. The number of pyridine rings is 1. The van der Waals surface area contributed by atoms with Crippen LogP contribution in [0.1, 0.15) is 11.7 Å². The van der Waals surface area contributed by atoms with Crippen LogP contribution in [0, 0.1) is 17.0 Å². The van der Waals surface area contributed by atoms with Crippen LogP contribution in [0.3, 0.4) is 0 Å². The monoisotopic (exact) mass is 235 g/mol. The van der Waals surface area contributed by atoms with Gasteiger partial charge in [-0.2, -0.15) is 4.98 Å². The molecule has 0 amide bonds. The van der Waals surface area contributed by atoms with Crippen LogP contribution in [0.25, 0.3) is 0 Å². The molecule has 0 fully saturated rings. The molecule has 0 aliphatic rings. The van der Waals surface area contributed by atoms with Gasteiger partial charge in [0.2, 0.25) is 5.89 Å². The fourth-order valence-electron chi connectivity index (χ4n) is 1.19. The molecule has 0 aliphatic carbocycles. The Morgan fingerprint density at radius 2 is 2.35 bits per heavy atom. The number of nitrogens with one attached hydrogen (secondary N) is 1. The summed E-state index contributed by atoms with van der Waals surface area (Å²) in [7, 11) is 0. The molecular formula is C9H9N5O3. The molecule has 0 saturated heterocycles. The zero-order valence-corrected chi connectivity index (χ0v) is 8.95. The number of rotatable bonds is 4. The van der Waals surface area contributed by atoms with Gasteiger partial charge in [0.15, 0.2) is 12.0 Å². The summed E-state index contributed by atoms with van der Waals surface area (Å²) >= 11 is 0. The Balaban J connectivity index is 1.97. The highest BCUT2D eigenvalue weighted by atomic mass is 16.6. The van der Waals surface area contributed by atoms with Gasteiger partial charge in [-0.3, -0.25) is 0 Å². The maximum absolute atomic E-state index is 10.4. The van der Waals surface area contributed by atoms with Crippen molar-refractivity contribution in [3.05, 3.63) is 40.2 Å². The van der Waals surface area contributed by atoms with E-state index in [2.05, 4.69) is 20.4 Å². The third kappa shape index (κ3) is 2.74. The third-order valence-electron chi connectivity index (χ3n) is 1.95. The van der Waals surface area contributed by atoms with Crippen LogP contribution in [0.2, 0.25) is 0 Å². The molecule has 2 rings (SSSR count). The van der Waals surface area contributed by atoms with Crippen molar-refractivity contribution in [2.75, 3.05) is 5.32 Å². The molecule has 0 saturated carbocycles. The second-order valence-electron chi connectivity index (χ2n) is 3.25. The Morgan fingerprint density at radius 3 is 2.88 bits per heavy atom. The Kier molecular flexibility index (Phi) is 2.95. The van der Waals surface area contributed by atoms with Crippen LogP contribution in [-0.4, -0.2) is 20.0 Å². The number of hydrogen-bond donors (Lipinski definition) is 1.